The molecule has 4 nitrogen and oxygen atoms in total. The first-order valence-electron chi connectivity index (χ1n) is 5.27. The molecule has 1 aliphatic heterocycles. The average molecular weight is 219 g/mol. The van der Waals surface area contributed by atoms with Gasteiger partial charge in [0.1, 0.15) is 0 Å². The molecular weight excluding hydrogens is 206 g/mol. The van der Waals surface area contributed by atoms with Crippen LogP contribution in [0.25, 0.3) is 0 Å². The third kappa shape index (κ3) is 2.39. The predicted molar refractivity (Wildman–Crippen MR) is 57.9 cm³/mol. The molecule has 1 aromatic rings. The summed E-state index contributed by atoms with van der Waals surface area (Å²) in [5, 5.41) is 0. The minimum atomic E-state index is -0.450. The summed E-state index contributed by atoms with van der Waals surface area (Å²) < 4.78 is 4.92. The van der Waals surface area contributed by atoms with Crippen molar-refractivity contribution in [2.75, 3.05) is 19.7 Å². The van der Waals surface area contributed by atoms with Crippen molar-refractivity contribution in [3.63, 3.8) is 0 Å². The number of amides is 1. The van der Waals surface area contributed by atoms with E-state index in [9.17, 15) is 9.59 Å². The van der Waals surface area contributed by atoms with Gasteiger partial charge < -0.3 is 9.64 Å². The molecule has 2 rings (SSSR count). The molecule has 1 fully saturated rings. The van der Waals surface area contributed by atoms with Gasteiger partial charge in [-0.15, -0.1) is 0 Å². The first-order valence-corrected chi connectivity index (χ1v) is 5.27. The molecule has 0 aliphatic carbocycles. The third-order valence-electron chi connectivity index (χ3n) is 2.54. The van der Waals surface area contributed by atoms with Gasteiger partial charge in [0.15, 0.2) is 6.61 Å². The lowest BCUT2D eigenvalue weighted by atomic mass is 10.2. The second-order valence-corrected chi connectivity index (χ2v) is 3.68. The van der Waals surface area contributed by atoms with E-state index in [0.29, 0.717) is 5.56 Å². The number of carbonyl (C=O) groups is 2. The van der Waals surface area contributed by atoms with Crippen LogP contribution < -0.4 is 0 Å². The van der Waals surface area contributed by atoms with E-state index in [4.69, 9.17) is 4.74 Å². The summed E-state index contributed by atoms with van der Waals surface area (Å²) in [6.07, 6.45) is 1.04. The van der Waals surface area contributed by atoms with E-state index in [-0.39, 0.29) is 12.5 Å². The molecule has 1 amide bonds. The molecule has 0 saturated carbocycles. The van der Waals surface area contributed by atoms with Crippen LogP contribution in [0.3, 0.4) is 0 Å². The molecule has 0 unspecified atom stereocenters. The Bertz CT molecular complexity index is 385. The SMILES string of the molecule is O=C(OCC(=O)N1CCC1)c1ccccc1. The van der Waals surface area contributed by atoms with Crippen LogP contribution in [-0.4, -0.2) is 36.5 Å². The van der Waals surface area contributed by atoms with Crippen LogP contribution in [-0.2, 0) is 9.53 Å². The number of benzene rings is 1. The Hall–Kier alpha value is -1.84. The molecule has 0 atom stereocenters. The first-order chi connectivity index (χ1) is 7.77. The Balaban J connectivity index is 1.81. The van der Waals surface area contributed by atoms with Crippen molar-refractivity contribution in [1.29, 1.82) is 0 Å². The van der Waals surface area contributed by atoms with Gasteiger partial charge in [0.05, 0.1) is 5.56 Å². The number of hydrogen-bond donors (Lipinski definition) is 0. The van der Waals surface area contributed by atoms with Gasteiger partial charge in [-0.25, -0.2) is 4.79 Å². The first kappa shape index (κ1) is 10.7. The normalized spacial score (nSPS) is 14.1. The predicted octanol–water partition coefficient (Wildman–Crippen LogP) is 1.08. The second-order valence-electron chi connectivity index (χ2n) is 3.68. The van der Waals surface area contributed by atoms with Gasteiger partial charge in [-0.2, -0.15) is 0 Å². The van der Waals surface area contributed by atoms with Crippen LogP contribution >= 0.6 is 0 Å². The zero-order chi connectivity index (χ0) is 11.4. The van der Waals surface area contributed by atoms with Gasteiger partial charge in [0.2, 0.25) is 0 Å². The summed E-state index contributed by atoms with van der Waals surface area (Å²) in [6.45, 7) is 1.40. The molecule has 0 bridgehead atoms. The van der Waals surface area contributed by atoms with Crippen molar-refractivity contribution in [2.24, 2.45) is 0 Å². The van der Waals surface area contributed by atoms with Gasteiger partial charge in [-0.05, 0) is 18.6 Å². The molecule has 1 saturated heterocycles. The lowest BCUT2D eigenvalue weighted by molar-refractivity contribution is -0.137. The van der Waals surface area contributed by atoms with E-state index in [1.165, 1.54) is 0 Å². The molecule has 1 aromatic carbocycles. The fraction of sp³-hybridized carbons (Fsp3) is 0.333. The molecule has 4 heteroatoms. The lowest BCUT2D eigenvalue weighted by Crippen LogP contribution is -2.44. The zero-order valence-electron chi connectivity index (χ0n) is 8.89. The minimum absolute atomic E-state index is 0.115. The molecule has 0 spiro atoms. The zero-order valence-corrected chi connectivity index (χ0v) is 8.89. The van der Waals surface area contributed by atoms with Crippen molar-refractivity contribution in [3.05, 3.63) is 35.9 Å². The molecule has 0 N–H and O–H groups in total. The Morgan fingerprint density at radius 3 is 2.44 bits per heavy atom. The highest BCUT2D eigenvalue weighted by Crippen LogP contribution is 2.07. The molecule has 1 aliphatic rings. The summed E-state index contributed by atoms with van der Waals surface area (Å²) >= 11 is 0. The highest BCUT2D eigenvalue weighted by atomic mass is 16.5. The van der Waals surface area contributed by atoms with E-state index in [1.54, 1.807) is 29.2 Å². The van der Waals surface area contributed by atoms with E-state index in [1.807, 2.05) is 6.07 Å². The average Bonchev–Trinajstić information content (AvgIpc) is 2.25. The maximum Gasteiger partial charge on any atom is 0.338 e. The van der Waals surface area contributed by atoms with Crippen molar-refractivity contribution in [1.82, 2.24) is 4.90 Å². The highest BCUT2D eigenvalue weighted by Gasteiger charge is 2.21. The van der Waals surface area contributed by atoms with Crippen LogP contribution in [0.1, 0.15) is 16.8 Å². The van der Waals surface area contributed by atoms with Gasteiger partial charge in [0, 0.05) is 13.1 Å². The number of likely N-dealkylation sites (tertiary alicyclic amines) is 1. The van der Waals surface area contributed by atoms with E-state index in [0.717, 1.165) is 19.5 Å². The third-order valence-corrected chi connectivity index (χ3v) is 2.54. The lowest BCUT2D eigenvalue weighted by Gasteiger charge is -2.30. The quantitative estimate of drug-likeness (QED) is 0.714. The molecule has 84 valence electrons. The number of ether oxygens (including phenoxy) is 1. The number of nitrogens with zero attached hydrogens (tertiary/aromatic N) is 1. The second kappa shape index (κ2) is 4.79. The molecule has 16 heavy (non-hydrogen) atoms. The van der Waals surface area contributed by atoms with Crippen molar-refractivity contribution in [2.45, 2.75) is 6.42 Å². The topological polar surface area (TPSA) is 46.6 Å². The Kier molecular flexibility index (Phi) is 3.19. The summed E-state index contributed by atoms with van der Waals surface area (Å²) in [4.78, 5) is 24.6. The minimum Gasteiger partial charge on any atom is -0.452 e. The van der Waals surface area contributed by atoms with Crippen LogP contribution in [0.5, 0.6) is 0 Å². The fourth-order valence-electron chi connectivity index (χ4n) is 1.44. The number of esters is 1. The van der Waals surface area contributed by atoms with Crippen LogP contribution in [0, 0.1) is 0 Å². The summed E-state index contributed by atoms with van der Waals surface area (Å²) in [6, 6.07) is 8.66. The highest BCUT2D eigenvalue weighted by molar-refractivity contribution is 5.91. The smallest absolute Gasteiger partial charge is 0.338 e. The molecule has 1 heterocycles. The largest absolute Gasteiger partial charge is 0.452 e. The Labute approximate surface area is 93.8 Å². The van der Waals surface area contributed by atoms with Crippen molar-refractivity contribution in [3.8, 4) is 0 Å². The van der Waals surface area contributed by atoms with Crippen LogP contribution in [0.15, 0.2) is 30.3 Å². The summed E-state index contributed by atoms with van der Waals surface area (Å²) in [7, 11) is 0. The number of hydrogen-bond acceptors (Lipinski definition) is 3. The van der Waals surface area contributed by atoms with E-state index in [2.05, 4.69) is 0 Å². The van der Waals surface area contributed by atoms with Gasteiger partial charge in [-0.1, -0.05) is 18.2 Å². The van der Waals surface area contributed by atoms with E-state index < -0.39 is 5.97 Å². The van der Waals surface area contributed by atoms with Gasteiger partial charge >= 0.3 is 5.97 Å². The Morgan fingerprint density at radius 2 is 1.88 bits per heavy atom. The summed E-state index contributed by atoms with van der Waals surface area (Å²) in [5.41, 5.74) is 0.471. The fourth-order valence-corrected chi connectivity index (χ4v) is 1.44. The molecular formula is C12H13NO3. The number of carbonyl (C=O) groups excluding carboxylic acids is 2. The van der Waals surface area contributed by atoms with Crippen LogP contribution in [0.4, 0.5) is 0 Å². The Morgan fingerprint density at radius 1 is 1.19 bits per heavy atom. The molecule has 0 radical (unpaired) electrons. The summed E-state index contributed by atoms with van der Waals surface area (Å²) in [5.74, 6) is -0.565. The van der Waals surface area contributed by atoms with E-state index >= 15 is 0 Å². The maximum atomic E-state index is 11.5. The standard InChI is InChI=1S/C12H13NO3/c14-11(13-7-4-8-13)9-16-12(15)10-5-2-1-3-6-10/h1-3,5-6H,4,7-9H2. The van der Waals surface area contributed by atoms with Crippen molar-refractivity contribution < 1.29 is 14.3 Å². The van der Waals surface area contributed by atoms with Gasteiger partial charge in [0.25, 0.3) is 5.91 Å². The van der Waals surface area contributed by atoms with Crippen molar-refractivity contribution >= 4 is 11.9 Å². The molecule has 0 aromatic heterocycles. The van der Waals surface area contributed by atoms with Crippen LogP contribution in [0.2, 0.25) is 0 Å². The number of rotatable bonds is 3. The van der Waals surface area contributed by atoms with Gasteiger partial charge in [-0.3, -0.25) is 4.79 Å². The maximum absolute atomic E-state index is 11.5. The monoisotopic (exact) mass is 219 g/mol.